The minimum atomic E-state index is -4.01. The molecule has 0 unspecified atom stereocenters. The second-order valence-electron chi connectivity index (χ2n) is 6.68. The van der Waals surface area contributed by atoms with E-state index in [1.807, 2.05) is 13.8 Å². The molecule has 1 N–H and O–H groups in total. The Balaban J connectivity index is 1.88. The number of aryl methyl sites for hydroxylation is 3. The summed E-state index contributed by atoms with van der Waals surface area (Å²) in [5, 5.41) is 10.8. The number of carbonyl (C=O) groups excluding carboxylic acids is 1. The van der Waals surface area contributed by atoms with Crippen molar-refractivity contribution in [3.05, 3.63) is 58.7 Å². The van der Waals surface area contributed by atoms with Gasteiger partial charge in [0.2, 0.25) is 5.91 Å². The molecule has 29 heavy (non-hydrogen) atoms. The van der Waals surface area contributed by atoms with E-state index in [1.54, 1.807) is 44.2 Å². The Morgan fingerprint density at radius 3 is 2.52 bits per heavy atom. The molecular formula is C20H21N3O4S2. The average molecular weight is 432 g/mol. The zero-order valence-electron chi connectivity index (χ0n) is 16.5. The summed E-state index contributed by atoms with van der Waals surface area (Å²) in [5.41, 5.74) is 2.97. The minimum Gasteiger partial charge on any atom is -0.378 e. The first kappa shape index (κ1) is 21.1. The quantitative estimate of drug-likeness (QED) is 0.445. The van der Waals surface area contributed by atoms with Crippen molar-refractivity contribution in [1.82, 2.24) is 5.32 Å². The molecule has 0 aliphatic carbocycles. The average Bonchev–Trinajstić information content (AvgIpc) is 2.97. The monoisotopic (exact) mass is 431 g/mol. The highest BCUT2D eigenvalue weighted by Gasteiger charge is 2.25. The predicted molar refractivity (Wildman–Crippen MR) is 115 cm³/mol. The number of carbonyl (C=O) groups is 1. The van der Waals surface area contributed by atoms with Crippen molar-refractivity contribution in [3.8, 4) is 5.75 Å². The molecule has 152 valence electrons. The highest BCUT2D eigenvalue weighted by molar-refractivity contribution is 8.15. The summed E-state index contributed by atoms with van der Waals surface area (Å²) in [6.07, 6.45) is 1.40. The van der Waals surface area contributed by atoms with Crippen molar-refractivity contribution in [3.63, 3.8) is 0 Å². The Kier molecular flexibility index (Phi) is 6.09. The Labute approximate surface area is 174 Å². The largest absolute Gasteiger partial charge is 0.378 e. The molecule has 7 nitrogen and oxygen atoms in total. The maximum Gasteiger partial charge on any atom is 0.339 e. The van der Waals surface area contributed by atoms with Crippen LogP contribution in [0.3, 0.4) is 0 Å². The molecule has 0 aromatic heterocycles. The molecule has 2 aromatic carbocycles. The lowest BCUT2D eigenvalue weighted by atomic mass is 10.1. The molecule has 0 radical (unpaired) electrons. The number of hydrogen-bond donors (Lipinski definition) is 1. The van der Waals surface area contributed by atoms with E-state index < -0.39 is 10.1 Å². The molecule has 1 atom stereocenters. The summed E-state index contributed by atoms with van der Waals surface area (Å²) in [6, 6.07) is 10.1. The summed E-state index contributed by atoms with van der Waals surface area (Å²) < 4.78 is 31.0. The fourth-order valence-electron chi connectivity index (χ4n) is 2.57. The molecule has 0 saturated carbocycles. The molecule has 2 aromatic rings. The lowest BCUT2D eigenvalue weighted by molar-refractivity contribution is -0.118. The molecular weight excluding hydrogens is 410 g/mol. The zero-order valence-corrected chi connectivity index (χ0v) is 18.1. The highest BCUT2D eigenvalue weighted by atomic mass is 32.2. The van der Waals surface area contributed by atoms with Crippen LogP contribution in [0.15, 0.2) is 51.5 Å². The van der Waals surface area contributed by atoms with Crippen LogP contribution >= 0.6 is 11.8 Å². The van der Waals surface area contributed by atoms with E-state index in [9.17, 15) is 13.2 Å². The van der Waals surface area contributed by atoms with Crippen molar-refractivity contribution in [2.45, 2.75) is 37.8 Å². The number of nitrogens with one attached hydrogen (secondary N) is 1. The van der Waals surface area contributed by atoms with Crippen molar-refractivity contribution in [2.75, 3.05) is 0 Å². The molecule has 1 heterocycles. The van der Waals surface area contributed by atoms with Gasteiger partial charge in [-0.25, -0.2) is 0 Å². The van der Waals surface area contributed by atoms with E-state index in [1.165, 1.54) is 24.0 Å². The third-order valence-corrected chi connectivity index (χ3v) is 6.63. The van der Waals surface area contributed by atoms with Gasteiger partial charge in [0.1, 0.15) is 4.90 Å². The van der Waals surface area contributed by atoms with Gasteiger partial charge in [0.05, 0.1) is 11.5 Å². The third-order valence-electron chi connectivity index (χ3n) is 4.44. The molecule has 0 bridgehead atoms. The van der Waals surface area contributed by atoms with Gasteiger partial charge in [0.15, 0.2) is 10.9 Å². The van der Waals surface area contributed by atoms with Crippen LogP contribution in [0.5, 0.6) is 5.75 Å². The lowest BCUT2D eigenvalue weighted by Crippen LogP contribution is -2.23. The topological polar surface area (TPSA) is 97.2 Å². The van der Waals surface area contributed by atoms with E-state index in [4.69, 9.17) is 4.18 Å². The van der Waals surface area contributed by atoms with Gasteiger partial charge < -0.3 is 9.50 Å². The van der Waals surface area contributed by atoms with Crippen LogP contribution in [0, 0.1) is 20.8 Å². The van der Waals surface area contributed by atoms with E-state index in [2.05, 4.69) is 15.5 Å². The first-order valence-corrected chi connectivity index (χ1v) is 11.2. The Hall–Kier alpha value is -2.65. The number of thioether (sulfide) groups is 1. The fraction of sp³-hybridized carbons (Fsp3) is 0.250. The highest BCUT2D eigenvalue weighted by Crippen LogP contribution is 2.27. The maximum absolute atomic E-state index is 12.8. The predicted octanol–water partition coefficient (Wildman–Crippen LogP) is 3.32. The Morgan fingerprint density at radius 1 is 1.10 bits per heavy atom. The normalized spacial score (nSPS) is 18.4. The van der Waals surface area contributed by atoms with E-state index >= 15 is 0 Å². The van der Waals surface area contributed by atoms with Crippen molar-refractivity contribution >= 4 is 39.2 Å². The van der Waals surface area contributed by atoms with Crippen LogP contribution in [0.4, 0.5) is 0 Å². The first-order chi connectivity index (χ1) is 13.7. The second kappa shape index (κ2) is 8.38. The maximum atomic E-state index is 12.8. The van der Waals surface area contributed by atoms with Gasteiger partial charge in [-0.2, -0.15) is 13.5 Å². The van der Waals surface area contributed by atoms with Crippen molar-refractivity contribution in [2.24, 2.45) is 10.2 Å². The summed E-state index contributed by atoms with van der Waals surface area (Å²) in [6.45, 7) is 7.29. The molecule has 0 spiro atoms. The first-order valence-electron chi connectivity index (χ1n) is 8.87. The fourth-order valence-corrected chi connectivity index (χ4v) is 4.42. The van der Waals surface area contributed by atoms with Gasteiger partial charge in [-0.15, -0.1) is 5.10 Å². The summed E-state index contributed by atoms with van der Waals surface area (Å²) in [5.74, 6) is 0.0640. The molecule has 1 aliphatic rings. The Bertz CT molecular complexity index is 1120. The lowest BCUT2D eigenvalue weighted by Gasteiger charge is -2.12. The number of benzene rings is 2. The number of rotatable bonds is 5. The molecule has 1 fully saturated rings. The van der Waals surface area contributed by atoms with Gasteiger partial charge in [0, 0.05) is 5.56 Å². The van der Waals surface area contributed by atoms with E-state index in [0.717, 1.165) is 11.1 Å². The van der Waals surface area contributed by atoms with Crippen molar-refractivity contribution in [1.29, 1.82) is 0 Å². The smallest absolute Gasteiger partial charge is 0.339 e. The number of amidine groups is 1. The molecule has 9 heteroatoms. The number of para-hydroxylation sites is 1. The van der Waals surface area contributed by atoms with Crippen molar-refractivity contribution < 1.29 is 17.4 Å². The van der Waals surface area contributed by atoms with Crippen LogP contribution in [0.2, 0.25) is 0 Å². The Morgan fingerprint density at radius 2 is 1.86 bits per heavy atom. The summed E-state index contributed by atoms with van der Waals surface area (Å²) >= 11 is 1.27. The third kappa shape index (κ3) is 4.86. The number of nitrogens with zero attached hydrogens (tertiary/aromatic N) is 2. The van der Waals surface area contributed by atoms with Crippen LogP contribution in [-0.4, -0.2) is 31.0 Å². The van der Waals surface area contributed by atoms with Gasteiger partial charge in [-0.05, 0) is 62.6 Å². The molecule has 3 rings (SSSR count). The molecule has 1 amide bonds. The van der Waals surface area contributed by atoms with Crippen LogP contribution in [0.25, 0.3) is 0 Å². The zero-order chi connectivity index (χ0) is 21.2. The molecule has 1 saturated heterocycles. The standard InChI is InChI=1S/C20H21N3O4S2/c1-12-8-9-17(10-14(12)3)29(25,26)27-18-13(2)6-5-7-16(18)11-21-23-20-22-19(24)15(4)28-20/h5-11,15H,1-4H3,(H,22,23,24)/b21-11-/t15-/m1/s1. The van der Waals surface area contributed by atoms with Crippen LogP contribution < -0.4 is 9.50 Å². The SMILES string of the molecule is Cc1ccc(S(=O)(=O)Oc2c(C)cccc2/C=N\N=C2/NC(=O)[C@@H](C)S2)cc1C. The van der Waals surface area contributed by atoms with Gasteiger partial charge in [-0.1, -0.05) is 30.0 Å². The van der Waals surface area contributed by atoms with Gasteiger partial charge in [0.25, 0.3) is 0 Å². The summed E-state index contributed by atoms with van der Waals surface area (Å²) in [7, 11) is -4.01. The second-order valence-corrected chi connectivity index (χ2v) is 9.55. The summed E-state index contributed by atoms with van der Waals surface area (Å²) in [4.78, 5) is 11.6. The van der Waals surface area contributed by atoms with E-state index in [0.29, 0.717) is 16.3 Å². The number of amides is 1. The molecule has 1 aliphatic heterocycles. The number of hydrogen-bond acceptors (Lipinski definition) is 7. The van der Waals surface area contributed by atoms with Gasteiger partial charge in [-0.3, -0.25) is 4.79 Å². The van der Waals surface area contributed by atoms with E-state index in [-0.39, 0.29) is 21.8 Å². The van der Waals surface area contributed by atoms with Crippen LogP contribution in [-0.2, 0) is 14.9 Å². The van der Waals surface area contributed by atoms with Crippen LogP contribution in [0.1, 0.15) is 29.2 Å². The minimum absolute atomic E-state index is 0.0889. The van der Waals surface area contributed by atoms with Gasteiger partial charge >= 0.3 is 10.1 Å².